The Balaban J connectivity index is 2.17. The Morgan fingerprint density at radius 3 is 2.63 bits per heavy atom. The predicted octanol–water partition coefficient (Wildman–Crippen LogP) is 1.10. The largest absolute Gasteiger partial charge is 0.396 e. The monoisotopic (exact) mass is 286 g/mol. The molecule has 19 heavy (non-hydrogen) atoms. The molecule has 0 saturated heterocycles. The first-order chi connectivity index (χ1) is 9.14. The van der Waals surface area contributed by atoms with Crippen molar-refractivity contribution in [2.24, 2.45) is 0 Å². The molecule has 0 radical (unpaired) electrons. The van der Waals surface area contributed by atoms with E-state index in [1.165, 1.54) is 0 Å². The number of hydrogen-bond acceptors (Lipinski definition) is 4. The summed E-state index contributed by atoms with van der Waals surface area (Å²) in [6.45, 7) is 0.672. The number of nitrogens with one attached hydrogen (secondary N) is 1. The van der Waals surface area contributed by atoms with E-state index in [9.17, 15) is 8.42 Å². The van der Waals surface area contributed by atoms with E-state index in [4.69, 9.17) is 5.11 Å². The van der Waals surface area contributed by atoms with Gasteiger partial charge < -0.3 is 5.11 Å². The second-order valence-corrected chi connectivity index (χ2v) is 6.35. The van der Waals surface area contributed by atoms with Crippen molar-refractivity contribution in [1.29, 1.82) is 0 Å². The van der Waals surface area contributed by atoms with Crippen LogP contribution in [0, 0.1) is 0 Å². The SMILES string of the molecule is O=S(=O)(CCc1ccccn1)NCCCCCCO. The summed E-state index contributed by atoms with van der Waals surface area (Å²) < 4.78 is 26.0. The maximum absolute atomic E-state index is 11.7. The minimum atomic E-state index is -3.21. The number of aliphatic hydroxyl groups is 1. The highest BCUT2D eigenvalue weighted by Crippen LogP contribution is 2.00. The second-order valence-electron chi connectivity index (χ2n) is 4.42. The summed E-state index contributed by atoms with van der Waals surface area (Å²) in [5.74, 6) is 0.0701. The van der Waals surface area contributed by atoms with Crippen molar-refractivity contribution < 1.29 is 13.5 Å². The van der Waals surface area contributed by atoms with Crippen LogP contribution in [0.2, 0.25) is 0 Å². The summed E-state index contributed by atoms with van der Waals surface area (Å²) in [5, 5.41) is 8.61. The van der Waals surface area contributed by atoms with Crippen LogP contribution in [0.1, 0.15) is 31.4 Å². The molecule has 0 aromatic carbocycles. The Bertz CT molecular complexity index is 434. The van der Waals surface area contributed by atoms with Crippen LogP contribution in [-0.2, 0) is 16.4 Å². The van der Waals surface area contributed by atoms with Gasteiger partial charge in [0.2, 0.25) is 10.0 Å². The molecule has 0 aliphatic rings. The third-order valence-electron chi connectivity index (χ3n) is 2.76. The molecule has 0 aliphatic carbocycles. The number of hydrogen-bond donors (Lipinski definition) is 2. The summed E-state index contributed by atoms with van der Waals surface area (Å²) in [4.78, 5) is 4.10. The van der Waals surface area contributed by atoms with E-state index >= 15 is 0 Å². The lowest BCUT2D eigenvalue weighted by Gasteiger charge is -2.06. The van der Waals surface area contributed by atoms with Gasteiger partial charge in [0.1, 0.15) is 0 Å². The van der Waals surface area contributed by atoms with Crippen LogP contribution in [0.25, 0.3) is 0 Å². The number of aromatic nitrogens is 1. The highest BCUT2D eigenvalue weighted by atomic mass is 32.2. The van der Waals surface area contributed by atoms with Crippen LogP contribution in [0.3, 0.4) is 0 Å². The Morgan fingerprint density at radius 1 is 1.16 bits per heavy atom. The van der Waals surface area contributed by atoms with Crippen molar-refractivity contribution in [1.82, 2.24) is 9.71 Å². The fourth-order valence-corrected chi connectivity index (χ4v) is 2.75. The molecule has 2 N–H and O–H groups in total. The third-order valence-corrected chi connectivity index (χ3v) is 4.15. The molecule has 1 aromatic rings. The van der Waals surface area contributed by atoms with E-state index in [-0.39, 0.29) is 12.4 Å². The van der Waals surface area contributed by atoms with E-state index in [1.807, 2.05) is 18.2 Å². The zero-order valence-corrected chi connectivity index (χ0v) is 11.9. The van der Waals surface area contributed by atoms with Crippen molar-refractivity contribution in [2.75, 3.05) is 18.9 Å². The lowest BCUT2D eigenvalue weighted by atomic mass is 10.2. The lowest BCUT2D eigenvalue weighted by molar-refractivity contribution is 0.282. The maximum atomic E-state index is 11.7. The van der Waals surface area contributed by atoms with Crippen molar-refractivity contribution in [3.05, 3.63) is 30.1 Å². The zero-order valence-electron chi connectivity index (χ0n) is 11.1. The average molecular weight is 286 g/mol. The normalized spacial score (nSPS) is 11.6. The molecule has 6 heteroatoms. The number of aliphatic hydroxyl groups excluding tert-OH is 1. The number of rotatable bonds is 10. The van der Waals surface area contributed by atoms with Gasteiger partial charge in [-0.3, -0.25) is 4.98 Å². The van der Waals surface area contributed by atoms with E-state index in [0.717, 1.165) is 31.4 Å². The Morgan fingerprint density at radius 2 is 1.95 bits per heavy atom. The van der Waals surface area contributed by atoms with Crippen LogP contribution in [-0.4, -0.2) is 37.4 Å². The van der Waals surface area contributed by atoms with Gasteiger partial charge in [0.25, 0.3) is 0 Å². The van der Waals surface area contributed by atoms with Gasteiger partial charge in [-0.1, -0.05) is 18.9 Å². The molecule has 0 saturated carbocycles. The molecule has 0 spiro atoms. The zero-order chi connectivity index (χ0) is 14.0. The molecule has 0 bridgehead atoms. The first-order valence-corrected chi connectivity index (χ1v) is 8.27. The summed E-state index contributed by atoms with van der Waals surface area (Å²) >= 11 is 0. The first kappa shape index (κ1) is 16.1. The highest BCUT2D eigenvalue weighted by Gasteiger charge is 2.09. The van der Waals surface area contributed by atoms with Crippen molar-refractivity contribution in [2.45, 2.75) is 32.1 Å². The van der Waals surface area contributed by atoms with Gasteiger partial charge in [0, 0.05) is 31.5 Å². The van der Waals surface area contributed by atoms with Crippen LogP contribution in [0.4, 0.5) is 0 Å². The molecular weight excluding hydrogens is 264 g/mol. The lowest BCUT2D eigenvalue weighted by Crippen LogP contribution is -2.28. The molecule has 0 unspecified atom stereocenters. The molecule has 1 heterocycles. The molecular formula is C13H22N2O3S. The summed E-state index contributed by atoms with van der Waals surface area (Å²) in [6.07, 6.45) is 5.56. The van der Waals surface area contributed by atoms with Crippen LogP contribution >= 0.6 is 0 Å². The van der Waals surface area contributed by atoms with Gasteiger partial charge >= 0.3 is 0 Å². The number of pyridine rings is 1. The van der Waals surface area contributed by atoms with Crippen LogP contribution in [0.15, 0.2) is 24.4 Å². The molecule has 0 fully saturated rings. The molecule has 0 amide bonds. The van der Waals surface area contributed by atoms with E-state index < -0.39 is 10.0 Å². The topological polar surface area (TPSA) is 79.3 Å². The highest BCUT2D eigenvalue weighted by molar-refractivity contribution is 7.89. The summed E-state index contributed by atoms with van der Waals surface area (Å²) in [6, 6.07) is 5.48. The molecule has 5 nitrogen and oxygen atoms in total. The van der Waals surface area contributed by atoms with Gasteiger partial charge in [-0.15, -0.1) is 0 Å². The number of nitrogens with zero attached hydrogens (tertiary/aromatic N) is 1. The van der Waals surface area contributed by atoms with E-state index in [2.05, 4.69) is 9.71 Å². The van der Waals surface area contributed by atoms with Gasteiger partial charge in [-0.25, -0.2) is 13.1 Å². The fraction of sp³-hybridized carbons (Fsp3) is 0.615. The third kappa shape index (κ3) is 7.92. The standard InChI is InChI=1S/C13H22N2O3S/c16-11-6-2-1-4-10-15-19(17,18)12-8-13-7-3-5-9-14-13/h3,5,7,9,15-16H,1-2,4,6,8,10-12H2. The maximum Gasteiger partial charge on any atom is 0.211 e. The fourth-order valence-electron chi connectivity index (χ4n) is 1.68. The molecule has 1 aromatic heterocycles. The predicted molar refractivity (Wildman–Crippen MR) is 75.3 cm³/mol. The number of sulfonamides is 1. The van der Waals surface area contributed by atoms with E-state index in [0.29, 0.717) is 13.0 Å². The Labute approximate surface area is 115 Å². The van der Waals surface area contributed by atoms with Gasteiger partial charge in [0.05, 0.1) is 5.75 Å². The molecule has 0 atom stereocenters. The second kappa shape index (κ2) is 9.01. The quantitative estimate of drug-likeness (QED) is 0.631. The van der Waals surface area contributed by atoms with Crippen molar-refractivity contribution >= 4 is 10.0 Å². The van der Waals surface area contributed by atoms with Gasteiger partial charge in [0.15, 0.2) is 0 Å². The number of unbranched alkanes of at least 4 members (excludes halogenated alkanes) is 3. The van der Waals surface area contributed by atoms with Gasteiger partial charge in [-0.2, -0.15) is 0 Å². The number of aryl methyl sites for hydroxylation is 1. The van der Waals surface area contributed by atoms with Crippen molar-refractivity contribution in [3.8, 4) is 0 Å². The first-order valence-electron chi connectivity index (χ1n) is 6.62. The van der Waals surface area contributed by atoms with E-state index in [1.54, 1.807) is 6.20 Å². The Hall–Kier alpha value is -0.980. The molecule has 108 valence electrons. The average Bonchev–Trinajstić information content (AvgIpc) is 2.42. The minimum Gasteiger partial charge on any atom is -0.396 e. The Kier molecular flexibility index (Phi) is 7.62. The van der Waals surface area contributed by atoms with Gasteiger partial charge in [-0.05, 0) is 25.0 Å². The molecule has 1 rings (SSSR count). The molecule has 0 aliphatic heterocycles. The minimum absolute atomic E-state index is 0.0701. The van der Waals surface area contributed by atoms with Crippen LogP contribution in [0.5, 0.6) is 0 Å². The summed E-state index contributed by atoms with van der Waals surface area (Å²) in [5.41, 5.74) is 0.788. The summed E-state index contributed by atoms with van der Waals surface area (Å²) in [7, 11) is -3.21. The smallest absolute Gasteiger partial charge is 0.211 e. The van der Waals surface area contributed by atoms with Crippen molar-refractivity contribution in [3.63, 3.8) is 0 Å². The van der Waals surface area contributed by atoms with Crippen LogP contribution < -0.4 is 4.72 Å².